The zero-order valence-corrected chi connectivity index (χ0v) is 24.7. The second-order valence-corrected chi connectivity index (χ2v) is 11.1. The number of rotatable bonds is 14. The molecule has 2 N–H and O–H groups in total. The summed E-state index contributed by atoms with van der Waals surface area (Å²) < 4.78 is 11.5. The van der Waals surface area contributed by atoms with E-state index in [9.17, 15) is 0 Å². The Hall–Kier alpha value is -2.93. The van der Waals surface area contributed by atoms with Crippen LogP contribution in [0.25, 0.3) is 0 Å². The van der Waals surface area contributed by atoms with Crippen molar-refractivity contribution in [2.45, 2.75) is 77.7 Å². The molecule has 0 aliphatic carbocycles. The third kappa shape index (κ3) is 8.79. The molecule has 214 valence electrons. The quantitative estimate of drug-likeness (QED) is 0.0888. The van der Waals surface area contributed by atoms with Gasteiger partial charge in [-0.1, -0.05) is 88.9 Å². The Morgan fingerprint density at radius 2 is 1.69 bits per heavy atom. The lowest BCUT2D eigenvalue weighted by Gasteiger charge is -2.37. The van der Waals surface area contributed by atoms with E-state index in [1.54, 1.807) is 14.2 Å². The molecule has 1 saturated heterocycles. The topological polar surface area (TPSA) is 84.8 Å². The zero-order chi connectivity index (χ0) is 28.0. The van der Waals surface area contributed by atoms with Crippen LogP contribution in [0.5, 0.6) is 11.5 Å². The van der Waals surface area contributed by atoms with Crippen LogP contribution in [-0.2, 0) is 0 Å². The number of ether oxygens (including phenoxy) is 2. The molecule has 3 rings (SSSR count). The maximum atomic E-state index is 6.00. The fourth-order valence-electron chi connectivity index (χ4n) is 5.77. The van der Waals surface area contributed by atoms with E-state index in [0.29, 0.717) is 35.7 Å². The van der Waals surface area contributed by atoms with Crippen LogP contribution in [0, 0.1) is 11.8 Å². The summed E-state index contributed by atoms with van der Waals surface area (Å²) >= 11 is 0. The average Bonchev–Trinajstić information content (AvgIpc) is 2.97. The maximum absolute atomic E-state index is 6.00. The number of piperidine rings is 1. The van der Waals surface area contributed by atoms with Gasteiger partial charge in [-0.25, -0.2) is 0 Å². The molecule has 1 fully saturated rings. The van der Waals surface area contributed by atoms with Gasteiger partial charge in [0, 0.05) is 5.56 Å². The van der Waals surface area contributed by atoms with Crippen molar-refractivity contribution >= 4 is 5.84 Å². The number of benzene rings is 2. The van der Waals surface area contributed by atoms with E-state index in [-0.39, 0.29) is 6.04 Å². The number of nitrogens with two attached hydrogens (primary N) is 1. The fraction of sp³-hybridized carbons (Fsp3) is 0.594. The molecule has 2 aromatic carbocycles. The van der Waals surface area contributed by atoms with Crippen molar-refractivity contribution in [2.75, 3.05) is 33.9 Å². The smallest absolute Gasteiger partial charge is 0.191 e. The molecule has 2 atom stereocenters. The lowest BCUT2D eigenvalue weighted by Crippen LogP contribution is -2.39. The average molecular weight is 536 g/mol. The molecule has 0 aromatic heterocycles. The Kier molecular flexibility index (Phi) is 12.7. The minimum atomic E-state index is -0.270. The highest BCUT2D eigenvalue weighted by molar-refractivity contribution is 5.89. The van der Waals surface area contributed by atoms with Crippen molar-refractivity contribution in [3.63, 3.8) is 0 Å². The number of hydrogen-bond donors (Lipinski definition) is 1. The molecule has 7 nitrogen and oxygen atoms in total. The minimum absolute atomic E-state index is 0.270. The Morgan fingerprint density at radius 1 is 0.949 bits per heavy atom. The molecule has 0 saturated carbocycles. The number of para-hydroxylation sites is 1. The maximum Gasteiger partial charge on any atom is 0.191 e. The second kappa shape index (κ2) is 16.2. The van der Waals surface area contributed by atoms with Crippen molar-refractivity contribution in [2.24, 2.45) is 33.0 Å². The van der Waals surface area contributed by atoms with Gasteiger partial charge < -0.3 is 15.3 Å². The van der Waals surface area contributed by atoms with Gasteiger partial charge in [0.1, 0.15) is 6.04 Å². The normalized spacial score (nSPS) is 17.0. The van der Waals surface area contributed by atoms with Gasteiger partial charge in [-0.05, 0) is 61.7 Å². The monoisotopic (exact) mass is 535 g/mol. The molecule has 0 bridgehead atoms. The van der Waals surface area contributed by atoms with Gasteiger partial charge in [0.05, 0.1) is 20.8 Å². The summed E-state index contributed by atoms with van der Waals surface area (Å²) in [7, 11) is 3.33. The summed E-state index contributed by atoms with van der Waals surface area (Å²) in [6.07, 6.45) is 8.09. The van der Waals surface area contributed by atoms with Crippen molar-refractivity contribution < 1.29 is 9.47 Å². The Labute approximate surface area is 235 Å². The van der Waals surface area contributed by atoms with Crippen LogP contribution in [0.3, 0.4) is 0 Å². The number of amidine groups is 1. The number of methoxy groups -OCH3 is 2. The van der Waals surface area contributed by atoms with Gasteiger partial charge in [-0.2, -0.15) is 10.2 Å². The first-order valence-electron chi connectivity index (χ1n) is 14.7. The molecule has 1 aliphatic rings. The summed E-state index contributed by atoms with van der Waals surface area (Å²) in [6, 6.07) is 16.5. The molecule has 2 unspecified atom stereocenters. The van der Waals surface area contributed by atoms with Crippen LogP contribution in [0.1, 0.15) is 88.8 Å². The largest absolute Gasteiger partial charge is 0.493 e. The van der Waals surface area contributed by atoms with Crippen molar-refractivity contribution in [3.05, 3.63) is 59.7 Å². The van der Waals surface area contributed by atoms with E-state index in [0.717, 1.165) is 43.8 Å². The third-order valence-corrected chi connectivity index (χ3v) is 7.93. The Bertz CT molecular complexity index is 1030. The predicted molar refractivity (Wildman–Crippen MR) is 161 cm³/mol. The van der Waals surface area contributed by atoms with Crippen LogP contribution in [0.15, 0.2) is 63.9 Å². The number of azo groups is 1. The SMILES string of the molecule is CCCC(CCN=N/C(=N\N)C(c1cccc(OC)c1OC)N1CCC(c2ccccc2)CC1)CCC(C)C. The summed E-state index contributed by atoms with van der Waals surface area (Å²) in [6.45, 7) is 9.32. The molecule has 2 aromatic rings. The van der Waals surface area contributed by atoms with Crippen LogP contribution >= 0.6 is 0 Å². The molecular weight excluding hydrogens is 486 g/mol. The van der Waals surface area contributed by atoms with Gasteiger partial charge in [0.25, 0.3) is 0 Å². The first-order chi connectivity index (χ1) is 19.0. The summed E-state index contributed by atoms with van der Waals surface area (Å²) in [5, 5.41) is 13.4. The number of hydrazone groups is 1. The summed E-state index contributed by atoms with van der Waals surface area (Å²) in [4.78, 5) is 2.41. The minimum Gasteiger partial charge on any atom is -0.493 e. The standard InChI is InChI=1S/C32H49N5O2/c1-6-11-25(17-16-24(2)3)18-21-34-36-32(35-33)30(28-14-10-15-29(38-4)31(28)39-5)37-22-19-27(20-23-37)26-12-8-7-9-13-26/h7-10,12-15,24-25,27,30H,6,11,16-23,33H2,1-5H3/b35-32-,36-34?. The zero-order valence-electron chi connectivity index (χ0n) is 24.7. The number of hydrogen-bond acceptors (Lipinski definition) is 6. The van der Waals surface area contributed by atoms with E-state index in [4.69, 9.17) is 15.3 Å². The van der Waals surface area contributed by atoms with E-state index >= 15 is 0 Å². The Balaban J connectivity index is 1.81. The van der Waals surface area contributed by atoms with E-state index in [1.165, 1.54) is 31.2 Å². The lowest BCUT2D eigenvalue weighted by molar-refractivity contribution is 0.184. The van der Waals surface area contributed by atoms with Gasteiger partial charge >= 0.3 is 0 Å². The summed E-state index contributed by atoms with van der Waals surface area (Å²) in [5.74, 6) is 9.82. The van der Waals surface area contributed by atoms with Crippen LogP contribution in [-0.4, -0.2) is 44.6 Å². The molecule has 0 radical (unpaired) electrons. The molecule has 1 heterocycles. The van der Waals surface area contributed by atoms with Crippen LogP contribution < -0.4 is 15.3 Å². The van der Waals surface area contributed by atoms with Crippen molar-refractivity contribution in [3.8, 4) is 11.5 Å². The van der Waals surface area contributed by atoms with Crippen molar-refractivity contribution in [1.82, 2.24) is 4.90 Å². The Morgan fingerprint density at radius 3 is 2.31 bits per heavy atom. The van der Waals surface area contributed by atoms with Gasteiger partial charge in [-0.15, -0.1) is 5.11 Å². The third-order valence-electron chi connectivity index (χ3n) is 7.93. The van der Waals surface area contributed by atoms with E-state index in [2.05, 4.69) is 77.4 Å². The number of likely N-dealkylation sites (tertiary alicyclic amines) is 1. The highest BCUT2D eigenvalue weighted by atomic mass is 16.5. The molecule has 0 amide bonds. The van der Waals surface area contributed by atoms with Gasteiger partial charge in [0.2, 0.25) is 0 Å². The van der Waals surface area contributed by atoms with Crippen molar-refractivity contribution in [1.29, 1.82) is 0 Å². The predicted octanol–water partition coefficient (Wildman–Crippen LogP) is 7.59. The highest BCUT2D eigenvalue weighted by Crippen LogP contribution is 2.40. The first-order valence-corrected chi connectivity index (χ1v) is 14.7. The van der Waals surface area contributed by atoms with Gasteiger partial charge in [-0.3, -0.25) is 4.90 Å². The van der Waals surface area contributed by atoms with E-state index < -0.39 is 0 Å². The van der Waals surface area contributed by atoms with E-state index in [1.807, 2.05) is 12.1 Å². The number of nitrogens with zero attached hydrogens (tertiary/aromatic N) is 4. The second-order valence-electron chi connectivity index (χ2n) is 11.1. The fourth-order valence-corrected chi connectivity index (χ4v) is 5.77. The first kappa shape index (κ1) is 30.6. The molecule has 0 spiro atoms. The molecule has 7 heteroatoms. The highest BCUT2D eigenvalue weighted by Gasteiger charge is 2.33. The molecule has 1 aliphatic heterocycles. The lowest BCUT2D eigenvalue weighted by atomic mass is 9.88. The van der Waals surface area contributed by atoms with Crippen LogP contribution in [0.2, 0.25) is 0 Å². The van der Waals surface area contributed by atoms with Crippen LogP contribution in [0.4, 0.5) is 0 Å². The summed E-state index contributed by atoms with van der Waals surface area (Å²) in [5.41, 5.74) is 2.35. The molecule has 39 heavy (non-hydrogen) atoms. The van der Waals surface area contributed by atoms with Gasteiger partial charge in [0.15, 0.2) is 17.3 Å². The molecular formula is C32H49N5O2.